The maximum absolute atomic E-state index is 13.1. The average Bonchev–Trinajstić information content (AvgIpc) is 2.95. The molecule has 17 nitrogen and oxygen atoms in total. The predicted octanol–water partition coefficient (Wildman–Crippen LogP) is 21.0. The second-order valence-corrected chi connectivity index (χ2v) is 30.7. The molecule has 0 bridgehead atoms. The number of carbonyl (C=O) groups is 4. The number of ether oxygens (including phenoxy) is 4. The molecule has 0 aliphatic heterocycles. The van der Waals surface area contributed by atoms with Crippen molar-refractivity contribution in [2.75, 3.05) is 39.6 Å². The Hall–Kier alpha value is -1.94. The lowest BCUT2D eigenvalue weighted by atomic mass is 10.0. The van der Waals surface area contributed by atoms with Crippen LogP contribution in [0.15, 0.2) is 0 Å². The van der Waals surface area contributed by atoms with Crippen molar-refractivity contribution in [1.82, 2.24) is 0 Å². The molecule has 0 amide bonds. The van der Waals surface area contributed by atoms with E-state index >= 15 is 0 Å². The van der Waals surface area contributed by atoms with Crippen LogP contribution in [-0.4, -0.2) is 96.7 Å². The monoisotopic (exact) mass is 1350 g/mol. The Bertz CT molecular complexity index is 1800. The quantitative estimate of drug-likeness (QED) is 0.0222. The minimum absolute atomic E-state index is 0.103. The van der Waals surface area contributed by atoms with Crippen LogP contribution in [0, 0.1) is 17.8 Å². The number of unbranched alkanes of at least 4 members (excludes halogenated alkanes) is 39. The zero-order valence-electron chi connectivity index (χ0n) is 60.0. The maximum atomic E-state index is 13.1. The fraction of sp³-hybridized carbons (Fsp3) is 0.945. The molecule has 0 aromatic heterocycles. The van der Waals surface area contributed by atoms with E-state index in [-0.39, 0.29) is 25.7 Å². The number of aliphatic hydroxyl groups excluding tert-OH is 1. The average molecular weight is 1350 g/mol. The summed E-state index contributed by atoms with van der Waals surface area (Å²) in [4.78, 5) is 72.6. The molecule has 2 unspecified atom stereocenters. The van der Waals surface area contributed by atoms with Crippen LogP contribution < -0.4 is 0 Å². The van der Waals surface area contributed by atoms with Gasteiger partial charge in [-0.15, -0.1) is 0 Å². The van der Waals surface area contributed by atoms with Crippen molar-refractivity contribution in [3.8, 4) is 0 Å². The molecule has 0 aliphatic rings. The number of hydrogen-bond donors (Lipinski definition) is 3. The van der Waals surface area contributed by atoms with Crippen molar-refractivity contribution in [3.05, 3.63) is 0 Å². The van der Waals surface area contributed by atoms with E-state index in [1.165, 1.54) is 180 Å². The second-order valence-electron chi connectivity index (χ2n) is 27.8. The van der Waals surface area contributed by atoms with Crippen molar-refractivity contribution in [1.29, 1.82) is 0 Å². The number of carbonyl (C=O) groups excluding carboxylic acids is 4. The Kier molecular flexibility index (Phi) is 62.4. The maximum Gasteiger partial charge on any atom is 0.472 e. The van der Waals surface area contributed by atoms with Crippen molar-refractivity contribution in [3.63, 3.8) is 0 Å². The van der Waals surface area contributed by atoms with Gasteiger partial charge in [0.15, 0.2) is 12.2 Å². The van der Waals surface area contributed by atoms with Crippen LogP contribution in [0.1, 0.15) is 370 Å². The highest BCUT2D eigenvalue weighted by Crippen LogP contribution is 2.45. The number of esters is 4. The van der Waals surface area contributed by atoms with Crippen molar-refractivity contribution >= 4 is 39.5 Å². The fourth-order valence-electron chi connectivity index (χ4n) is 11.1. The van der Waals surface area contributed by atoms with Crippen LogP contribution in [0.3, 0.4) is 0 Å². The molecule has 546 valence electrons. The van der Waals surface area contributed by atoms with Gasteiger partial charge in [0.05, 0.1) is 26.4 Å². The van der Waals surface area contributed by atoms with Crippen molar-refractivity contribution in [2.45, 2.75) is 388 Å². The minimum atomic E-state index is -4.95. The van der Waals surface area contributed by atoms with Crippen LogP contribution in [0.4, 0.5) is 0 Å². The summed E-state index contributed by atoms with van der Waals surface area (Å²) in [5, 5.41) is 10.6. The van der Waals surface area contributed by atoms with E-state index < -0.39 is 97.5 Å². The lowest BCUT2D eigenvalue weighted by Crippen LogP contribution is -2.30. The van der Waals surface area contributed by atoms with Gasteiger partial charge in [0.1, 0.15) is 19.3 Å². The van der Waals surface area contributed by atoms with E-state index in [4.69, 9.17) is 37.0 Å². The van der Waals surface area contributed by atoms with Crippen molar-refractivity contribution < 1.29 is 80.2 Å². The number of phosphoric acid groups is 2. The first-order valence-corrected chi connectivity index (χ1v) is 40.8. The van der Waals surface area contributed by atoms with Crippen LogP contribution in [0.5, 0.6) is 0 Å². The van der Waals surface area contributed by atoms with Gasteiger partial charge in [-0.25, -0.2) is 9.13 Å². The van der Waals surface area contributed by atoms with Crippen molar-refractivity contribution in [2.24, 2.45) is 17.8 Å². The van der Waals surface area contributed by atoms with Crippen LogP contribution in [0.2, 0.25) is 0 Å². The zero-order valence-corrected chi connectivity index (χ0v) is 61.8. The number of aliphatic hydroxyl groups is 1. The largest absolute Gasteiger partial charge is 0.472 e. The number of phosphoric ester groups is 2. The molecule has 3 N–H and O–H groups in total. The molecular weight excluding hydrogens is 1210 g/mol. The highest BCUT2D eigenvalue weighted by molar-refractivity contribution is 7.47. The van der Waals surface area contributed by atoms with Gasteiger partial charge in [0.25, 0.3) is 0 Å². The molecule has 0 fully saturated rings. The smallest absolute Gasteiger partial charge is 0.462 e. The molecule has 0 rings (SSSR count). The summed E-state index contributed by atoms with van der Waals surface area (Å²) in [5.74, 6) is 0.139. The van der Waals surface area contributed by atoms with Crippen LogP contribution in [-0.2, 0) is 65.4 Å². The molecule has 0 heterocycles. The summed E-state index contributed by atoms with van der Waals surface area (Å²) >= 11 is 0. The minimum Gasteiger partial charge on any atom is -0.462 e. The first kappa shape index (κ1) is 90.1. The van der Waals surface area contributed by atoms with E-state index in [2.05, 4.69) is 48.5 Å². The summed E-state index contributed by atoms with van der Waals surface area (Å²) in [6, 6.07) is 0. The summed E-state index contributed by atoms with van der Waals surface area (Å²) in [6.07, 6.45) is 48.7. The Morgan fingerprint density at radius 2 is 0.500 bits per heavy atom. The lowest BCUT2D eigenvalue weighted by molar-refractivity contribution is -0.161. The molecule has 0 saturated carbocycles. The summed E-state index contributed by atoms with van der Waals surface area (Å²) in [6.45, 7) is 11.8. The number of hydrogen-bond acceptors (Lipinski definition) is 15. The third-order valence-electron chi connectivity index (χ3n) is 16.9. The molecule has 0 aromatic rings. The molecule has 0 radical (unpaired) electrons. The van der Waals surface area contributed by atoms with Gasteiger partial charge in [-0.3, -0.25) is 37.3 Å². The molecular formula is C73H142O17P2. The first-order valence-electron chi connectivity index (χ1n) is 37.8. The SMILES string of the molecule is CCCCCCCCCCCCC(=O)OC[C@H](COP(=O)(O)OC[C@H](O)COP(=O)(O)OC[C@@H](COC(=O)CCCCCCCCCCCCC(C)C)OC(=O)CCCCCCCCCCCCCCCCCCC(C)C)OC(=O)CCCCCCCCCC(C)C. The van der Waals surface area contributed by atoms with Gasteiger partial charge in [-0.05, 0) is 43.4 Å². The Morgan fingerprint density at radius 1 is 0.293 bits per heavy atom. The third kappa shape index (κ3) is 66.7. The molecule has 5 atom stereocenters. The van der Waals surface area contributed by atoms with Gasteiger partial charge in [0.2, 0.25) is 0 Å². The van der Waals surface area contributed by atoms with Gasteiger partial charge in [-0.1, -0.05) is 318 Å². The molecule has 19 heteroatoms. The highest BCUT2D eigenvalue weighted by atomic mass is 31.2. The molecule has 0 saturated heterocycles. The summed E-state index contributed by atoms with van der Waals surface area (Å²) < 4.78 is 68.3. The van der Waals surface area contributed by atoms with E-state index in [1.807, 2.05) is 0 Å². The molecule has 92 heavy (non-hydrogen) atoms. The Labute approximate surface area is 562 Å². The Balaban J connectivity index is 5.21. The van der Waals surface area contributed by atoms with Gasteiger partial charge >= 0.3 is 39.5 Å². The zero-order chi connectivity index (χ0) is 68.0. The predicted molar refractivity (Wildman–Crippen MR) is 372 cm³/mol. The topological polar surface area (TPSA) is 237 Å². The van der Waals surface area contributed by atoms with Gasteiger partial charge < -0.3 is 33.8 Å². The molecule has 0 aromatic carbocycles. The molecule has 0 aliphatic carbocycles. The standard InChI is InChI=1S/C73H142O17P2/c1-8-9-10-11-12-13-26-33-40-47-54-70(75)83-61-69(90-73(78)57-50-43-36-29-32-39-46-53-66(6)7)63-88-92(81,82)86-59-67(74)58-85-91(79,80)87-62-68(60-84-71(76)55-48-41-34-27-23-22-25-31-38-45-52-65(4)5)89-72(77)56-49-42-35-28-21-19-17-15-14-16-18-20-24-30-37-44-51-64(2)3/h64-69,74H,8-63H2,1-7H3,(H,79,80)(H,81,82)/t67-,68-,69-/m1/s1. The summed E-state index contributed by atoms with van der Waals surface area (Å²) in [5.41, 5.74) is 0. The Morgan fingerprint density at radius 3 is 0.739 bits per heavy atom. The van der Waals surface area contributed by atoms with Crippen LogP contribution >= 0.6 is 15.6 Å². The summed E-state index contributed by atoms with van der Waals surface area (Å²) in [7, 11) is -9.90. The first-order chi connectivity index (χ1) is 44.2. The van der Waals surface area contributed by atoms with E-state index in [9.17, 15) is 43.2 Å². The highest BCUT2D eigenvalue weighted by Gasteiger charge is 2.30. The van der Waals surface area contributed by atoms with E-state index in [1.54, 1.807) is 0 Å². The van der Waals surface area contributed by atoms with Gasteiger partial charge in [0, 0.05) is 25.7 Å². The van der Waals surface area contributed by atoms with E-state index in [0.717, 1.165) is 102 Å². The second kappa shape index (κ2) is 63.8. The normalized spacial score (nSPS) is 14.1. The van der Waals surface area contributed by atoms with Gasteiger partial charge in [-0.2, -0.15) is 0 Å². The molecule has 0 spiro atoms. The number of rotatable bonds is 71. The lowest BCUT2D eigenvalue weighted by Gasteiger charge is -2.21. The fourth-order valence-corrected chi connectivity index (χ4v) is 12.7. The van der Waals surface area contributed by atoms with E-state index in [0.29, 0.717) is 31.6 Å². The third-order valence-corrected chi connectivity index (χ3v) is 18.8. The van der Waals surface area contributed by atoms with Crippen LogP contribution in [0.25, 0.3) is 0 Å².